The number of nitrogens with zero attached hydrogens (tertiary/aromatic N) is 1. The Labute approximate surface area is 91.7 Å². The van der Waals surface area contributed by atoms with Crippen LogP contribution in [0.3, 0.4) is 0 Å². The van der Waals surface area contributed by atoms with Crippen LogP contribution in [0.25, 0.3) is 0 Å². The molecule has 84 valence electrons. The number of nitrogens with two attached hydrogens (primary N) is 1. The number of rotatable bonds is 5. The maximum absolute atomic E-state index is 5.59. The molecule has 1 aromatic heterocycles. The molecule has 0 aliphatic carbocycles. The summed E-state index contributed by atoms with van der Waals surface area (Å²) in [5.41, 5.74) is 6.83. The van der Waals surface area contributed by atoms with E-state index >= 15 is 0 Å². The lowest BCUT2D eigenvalue weighted by Gasteiger charge is -2.11. The molecule has 0 spiro atoms. The molecule has 0 radical (unpaired) electrons. The number of pyridine rings is 1. The van der Waals surface area contributed by atoms with Gasteiger partial charge in [0.1, 0.15) is 0 Å². The average molecular weight is 208 g/mol. The van der Waals surface area contributed by atoms with Gasteiger partial charge in [0.2, 0.25) is 5.88 Å². The summed E-state index contributed by atoms with van der Waals surface area (Å²) in [4.78, 5) is 4.16. The van der Waals surface area contributed by atoms with Crippen molar-refractivity contribution in [1.29, 1.82) is 0 Å². The summed E-state index contributed by atoms with van der Waals surface area (Å²) in [5.74, 6) is 1.20. The summed E-state index contributed by atoms with van der Waals surface area (Å²) in [6, 6.07) is 4.01. The predicted molar refractivity (Wildman–Crippen MR) is 61.9 cm³/mol. The molecule has 0 aliphatic rings. The highest BCUT2D eigenvalue weighted by Gasteiger charge is 2.04. The van der Waals surface area contributed by atoms with Crippen LogP contribution in [0.15, 0.2) is 18.3 Å². The fourth-order valence-electron chi connectivity index (χ4n) is 1.37. The third-order valence-corrected chi connectivity index (χ3v) is 2.14. The van der Waals surface area contributed by atoms with Gasteiger partial charge in [-0.05, 0) is 44.4 Å². The van der Waals surface area contributed by atoms with Crippen LogP contribution in [-0.4, -0.2) is 17.6 Å². The van der Waals surface area contributed by atoms with Gasteiger partial charge < -0.3 is 10.5 Å². The van der Waals surface area contributed by atoms with Gasteiger partial charge in [-0.2, -0.15) is 0 Å². The van der Waals surface area contributed by atoms with Crippen molar-refractivity contribution in [2.75, 3.05) is 6.54 Å². The zero-order valence-electron chi connectivity index (χ0n) is 9.73. The van der Waals surface area contributed by atoms with Gasteiger partial charge >= 0.3 is 0 Å². The molecule has 0 saturated carbocycles. The topological polar surface area (TPSA) is 48.1 Å². The number of ether oxygens (including phenoxy) is 1. The van der Waals surface area contributed by atoms with Crippen molar-refractivity contribution in [2.45, 2.75) is 33.3 Å². The summed E-state index contributed by atoms with van der Waals surface area (Å²) in [7, 11) is 0. The van der Waals surface area contributed by atoms with E-state index < -0.39 is 0 Å². The second-order valence-electron chi connectivity index (χ2n) is 4.21. The van der Waals surface area contributed by atoms with Gasteiger partial charge in [-0.15, -0.1) is 0 Å². The van der Waals surface area contributed by atoms with E-state index in [1.165, 1.54) is 5.56 Å². The minimum absolute atomic E-state index is 0.166. The number of aromatic nitrogens is 1. The lowest BCUT2D eigenvalue weighted by molar-refractivity contribution is 0.232. The fraction of sp³-hybridized carbons (Fsp3) is 0.583. The first kappa shape index (κ1) is 12.0. The second-order valence-corrected chi connectivity index (χ2v) is 4.21. The fourth-order valence-corrected chi connectivity index (χ4v) is 1.37. The van der Waals surface area contributed by atoms with Crippen LogP contribution < -0.4 is 10.5 Å². The van der Waals surface area contributed by atoms with Gasteiger partial charge in [-0.1, -0.05) is 6.92 Å². The first-order valence-electron chi connectivity index (χ1n) is 5.43. The van der Waals surface area contributed by atoms with Gasteiger partial charge in [0.25, 0.3) is 0 Å². The van der Waals surface area contributed by atoms with Crippen LogP contribution in [0.1, 0.15) is 26.3 Å². The van der Waals surface area contributed by atoms with Crippen molar-refractivity contribution < 1.29 is 4.74 Å². The maximum atomic E-state index is 5.59. The van der Waals surface area contributed by atoms with Crippen LogP contribution in [0.4, 0.5) is 0 Å². The van der Waals surface area contributed by atoms with Crippen molar-refractivity contribution in [3.05, 3.63) is 23.9 Å². The van der Waals surface area contributed by atoms with E-state index in [4.69, 9.17) is 10.5 Å². The second kappa shape index (κ2) is 5.71. The SMILES string of the molecule is CC(CN)Cc1ccnc(OC(C)C)c1. The van der Waals surface area contributed by atoms with Crippen LogP contribution in [-0.2, 0) is 6.42 Å². The standard InChI is InChI=1S/C12H20N2O/c1-9(2)15-12-7-11(4-5-14-12)6-10(3)8-13/h4-5,7,9-10H,6,8,13H2,1-3H3. The highest BCUT2D eigenvalue weighted by Crippen LogP contribution is 2.14. The molecule has 15 heavy (non-hydrogen) atoms. The minimum atomic E-state index is 0.166. The molecule has 0 bridgehead atoms. The molecule has 3 nitrogen and oxygen atoms in total. The molecular formula is C12H20N2O. The maximum Gasteiger partial charge on any atom is 0.213 e. The Morgan fingerprint density at radius 1 is 1.40 bits per heavy atom. The summed E-state index contributed by atoms with van der Waals surface area (Å²) < 4.78 is 5.53. The van der Waals surface area contributed by atoms with Gasteiger partial charge in [0.15, 0.2) is 0 Å². The first-order chi connectivity index (χ1) is 7.11. The Morgan fingerprint density at radius 2 is 2.13 bits per heavy atom. The first-order valence-corrected chi connectivity index (χ1v) is 5.43. The van der Waals surface area contributed by atoms with E-state index in [0.29, 0.717) is 18.3 Å². The Hall–Kier alpha value is -1.09. The molecule has 0 amide bonds. The third kappa shape index (κ3) is 4.30. The molecular weight excluding hydrogens is 188 g/mol. The zero-order valence-corrected chi connectivity index (χ0v) is 9.73. The molecule has 1 rings (SSSR count). The number of hydrogen-bond donors (Lipinski definition) is 1. The summed E-state index contributed by atoms with van der Waals surface area (Å²) in [5, 5.41) is 0. The highest BCUT2D eigenvalue weighted by molar-refractivity contribution is 5.21. The zero-order chi connectivity index (χ0) is 11.3. The van der Waals surface area contributed by atoms with Crippen LogP contribution >= 0.6 is 0 Å². The minimum Gasteiger partial charge on any atom is -0.475 e. The van der Waals surface area contributed by atoms with E-state index in [2.05, 4.69) is 11.9 Å². The van der Waals surface area contributed by atoms with Crippen LogP contribution in [0.5, 0.6) is 5.88 Å². The smallest absolute Gasteiger partial charge is 0.213 e. The molecule has 0 saturated heterocycles. The summed E-state index contributed by atoms with van der Waals surface area (Å²) in [6.07, 6.45) is 2.93. The molecule has 0 aromatic carbocycles. The Kier molecular flexibility index (Phi) is 4.56. The quantitative estimate of drug-likeness (QED) is 0.805. The van der Waals surface area contributed by atoms with Gasteiger partial charge in [0, 0.05) is 12.3 Å². The number of hydrogen-bond acceptors (Lipinski definition) is 3. The van der Waals surface area contributed by atoms with Crippen molar-refractivity contribution in [3.8, 4) is 5.88 Å². The third-order valence-electron chi connectivity index (χ3n) is 2.14. The molecule has 0 fully saturated rings. The van der Waals surface area contributed by atoms with Gasteiger partial charge in [-0.25, -0.2) is 4.98 Å². The molecule has 1 heterocycles. The Morgan fingerprint density at radius 3 is 2.73 bits per heavy atom. The molecule has 1 unspecified atom stereocenters. The lowest BCUT2D eigenvalue weighted by atomic mass is 10.0. The van der Waals surface area contributed by atoms with E-state index in [9.17, 15) is 0 Å². The average Bonchev–Trinajstić information content (AvgIpc) is 2.17. The lowest BCUT2D eigenvalue weighted by Crippen LogP contribution is -2.13. The van der Waals surface area contributed by atoms with Crippen LogP contribution in [0, 0.1) is 5.92 Å². The molecule has 0 aliphatic heterocycles. The molecule has 3 heteroatoms. The molecule has 2 N–H and O–H groups in total. The summed E-state index contributed by atoms with van der Waals surface area (Å²) >= 11 is 0. The van der Waals surface area contributed by atoms with Crippen molar-refractivity contribution >= 4 is 0 Å². The van der Waals surface area contributed by atoms with E-state index in [-0.39, 0.29) is 6.10 Å². The highest BCUT2D eigenvalue weighted by atomic mass is 16.5. The van der Waals surface area contributed by atoms with Crippen molar-refractivity contribution in [2.24, 2.45) is 11.7 Å². The van der Waals surface area contributed by atoms with Gasteiger partial charge in [-0.3, -0.25) is 0 Å². The largest absolute Gasteiger partial charge is 0.475 e. The van der Waals surface area contributed by atoms with Crippen molar-refractivity contribution in [3.63, 3.8) is 0 Å². The normalized spacial score (nSPS) is 12.9. The summed E-state index contributed by atoms with van der Waals surface area (Å²) in [6.45, 7) is 6.85. The molecule has 1 atom stereocenters. The Bertz CT molecular complexity index is 299. The van der Waals surface area contributed by atoms with E-state index in [0.717, 1.165) is 6.42 Å². The van der Waals surface area contributed by atoms with E-state index in [1.807, 2.05) is 26.0 Å². The predicted octanol–water partition coefficient (Wildman–Crippen LogP) is 2.01. The van der Waals surface area contributed by atoms with Crippen molar-refractivity contribution in [1.82, 2.24) is 4.98 Å². The van der Waals surface area contributed by atoms with E-state index in [1.54, 1.807) is 6.20 Å². The Balaban J connectivity index is 2.65. The molecule has 1 aromatic rings. The van der Waals surface area contributed by atoms with Gasteiger partial charge in [0.05, 0.1) is 6.10 Å². The van der Waals surface area contributed by atoms with Crippen LogP contribution in [0.2, 0.25) is 0 Å². The monoisotopic (exact) mass is 208 g/mol.